The largest absolute Gasteiger partial charge is 0.433 e. The van der Waals surface area contributed by atoms with Crippen molar-refractivity contribution >= 4 is 43.1 Å². The predicted octanol–water partition coefficient (Wildman–Crippen LogP) is 7.14. The molecule has 0 fully saturated rings. The topological polar surface area (TPSA) is 152 Å². The molecule has 0 radical (unpaired) electrons. The van der Waals surface area contributed by atoms with Gasteiger partial charge >= 0.3 is 12.4 Å². The fourth-order valence-corrected chi connectivity index (χ4v) is 6.87. The first-order valence-corrected chi connectivity index (χ1v) is 17.6. The maximum atomic E-state index is 13.9. The highest BCUT2D eigenvalue weighted by Crippen LogP contribution is 2.33. The van der Waals surface area contributed by atoms with Gasteiger partial charge in [-0.2, -0.15) is 26.3 Å². The van der Waals surface area contributed by atoms with Crippen molar-refractivity contribution in [3.8, 4) is 0 Å². The Morgan fingerprint density at radius 3 is 1.43 bits per heavy atom. The van der Waals surface area contributed by atoms with Crippen molar-refractivity contribution in [3.63, 3.8) is 0 Å². The number of nitrogens with zero attached hydrogens (tertiary/aromatic N) is 2. The molecule has 2 heterocycles. The highest BCUT2D eigenvalue weighted by molar-refractivity contribution is 7.94. The van der Waals surface area contributed by atoms with Crippen LogP contribution in [0.1, 0.15) is 39.0 Å². The summed E-state index contributed by atoms with van der Waals surface area (Å²) in [5, 5.41) is 4.02. The highest BCUT2D eigenvalue weighted by atomic mass is 32.2. The molecule has 2 aromatic heterocycles. The van der Waals surface area contributed by atoms with E-state index in [2.05, 4.69) is 15.3 Å². The number of rotatable bonds is 8. The van der Waals surface area contributed by atoms with Gasteiger partial charge in [-0.15, -0.1) is 0 Å². The second kappa shape index (κ2) is 15.3. The summed E-state index contributed by atoms with van der Waals surface area (Å²) in [4.78, 5) is 29.3. The first kappa shape index (κ1) is 43.3. The molecule has 54 heavy (non-hydrogen) atoms. The predicted molar refractivity (Wildman–Crippen MR) is 171 cm³/mol. The van der Waals surface area contributed by atoms with Crippen LogP contribution in [0, 0.1) is 23.3 Å². The van der Waals surface area contributed by atoms with Crippen LogP contribution in [-0.2, 0) is 41.6 Å². The zero-order chi connectivity index (χ0) is 41.2. The Hall–Kier alpha value is -5.12. The van der Waals surface area contributed by atoms with Crippen molar-refractivity contribution in [3.05, 3.63) is 107 Å². The maximum absolute atomic E-state index is 13.9. The molecule has 0 spiro atoms. The molecule has 0 saturated carbocycles. The van der Waals surface area contributed by atoms with E-state index in [1.54, 1.807) is 0 Å². The third kappa shape index (κ3) is 9.32. The second-order valence-corrected chi connectivity index (χ2v) is 16.9. The van der Waals surface area contributed by atoms with Gasteiger partial charge in [0.05, 0.1) is 5.56 Å². The molecular weight excluding hydrogens is 790 g/mol. The standard InChI is InChI=1S/2C16H13F5N2O3S/c1-15(2,27(25,26)12-7-10(17)4-5-11(12)18)14(24)23-13-6-3-9(8-22-13)16(19,20)21;1-15(2,27(25,26)11-8-9(17)6-7-10(11)18)14(24)23-13-5-3-4-12(22-13)16(19,20)21/h2*3-8H,1-2H3,(H,22,23,24). The first-order valence-electron chi connectivity index (χ1n) is 14.6. The number of carbonyl (C=O) groups is 2. The Kier molecular flexibility index (Phi) is 12.3. The van der Waals surface area contributed by atoms with Gasteiger partial charge in [-0.05, 0) is 88.4 Å². The number of benzene rings is 2. The highest BCUT2D eigenvalue weighted by Gasteiger charge is 2.46. The number of anilines is 2. The summed E-state index contributed by atoms with van der Waals surface area (Å²) in [6, 6.07) is 7.62. The molecule has 10 nitrogen and oxygen atoms in total. The minimum atomic E-state index is -4.77. The summed E-state index contributed by atoms with van der Waals surface area (Å²) in [6.45, 7) is 3.73. The first-order chi connectivity index (χ1) is 24.5. The van der Waals surface area contributed by atoms with Crippen LogP contribution < -0.4 is 10.6 Å². The molecule has 0 unspecified atom stereocenters. The zero-order valence-corrected chi connectivity index (χ0v) is 29.5. The van der Waals surface area contributed by atoms with Crippen molar-refractivity contribution in [1.29, 1.82) is 0 Å². The van der Waals surface area contributed by atoms with Gasteiger partial charge in [0.25, 0.3) is 0 Å². The molecule has 0 saturated heterocycles. The number of aromatic nitrogens is 2. The lowest BCUT2D eigenvalue weighted by molar-refractivity contribution is -0.141. The van der Waals surface area contributed by atoms with Gasteiger partial charge in [0.15, 0.2) is 19.7 Å². The van der Waals surface area contributed by atoms with E-state index in [0.29, 0.717) is 54.7 Å². The summed E-state index contributed by atoms with van der Waals surface area (Å²) in [5.74, 6) is -7.90. The summed E-state index contributed by atoms with van der Waals surface area (Å²) >= 11 is 0. The number of hydrogen-bond acceptors (Lipinski definition) is 8. The SMILES string of the molecule is CC(C)(C(=O)Nc1ccc(C(F)(F)F)cn1)S(=O)(=O)c1cc(F)ccc1F.CC(C)(C(=O)Nc1cccc(C(F)(F)F)n1)S(=O)(=O)c1cc(F)ccc1F. The van der Waals surface area contributed by atoms with E-state index in [9.17, 15) is 70.3 Å². The molecular formula is C32H26F10N4O6S2. The number of nitrogens with one attached hydrogen (secondary N) is 2. The molecule has 2 aromatic carbocycles. The quantitative estimate of drug-likeness (QED) is 0.178. The fourth-order valence-electron chi connectivity index (χ4n) is 3.99. The second-order valence-electron chi connectivity index (χ2n) is 11.9. The van der Waals surface area contributed by atoms with Gasteiger partial charge in [0, 0.05) is 6.20 Å². The fraction of sp³-hybridized carbons (Fsp3) is 0.250. The van der Waals surface area contributed by atoms with Gasteiger partial charge in [-0.1, -0.05) is 6.07 Å². The van der Waals surface area contributed by atoms with Crippen molar-refractivity contribution in [2.75, 3.05) is 10.6 Å². The van der Waals surface area contributed by atoms with E-state index in [1.807, 2.05) is 5.32 Å². The Bertz CT molecular complexity index is 2280. The number of sulfone groups is 2. The van der Waals surface area contributed by atoms with Crippen LogP contribution in [-0.4, -0.2) is 48.1 Å². The molecule has 2 amide bonds. The van der Waals surface area contributed by atoms with Crippen molar-refractivity contribution in [1.82, 2.24) is 9.97 Å². The molecule has 4 rings (SSSR count). The molecule has 2 N–H and O–H groups in total. The van der Waals surface area contributed by atoms with Crippen molar-refractivity contribution < 1.29 is 70.3 Å². The van der Waals surface area contributed by atoms with E-state index >= 15 is 0 Å². The number of amides is 2. The van der Waals surface area contributed by atoms with Crippen LogP contribution in [0.15, 0.2) is 82.7 Å². The smallest absolute Gasteiger partial charge is 0.309 e. The zero-order valence-electron chi connectivity index (χ0n) is 27.9. The molecule has 292 valence electrons. The van der Waals surface area contributed by atoms with E-state index in [1.165, 1.54) is 0 Å². The van der Waals surface area contributed by atoms with Gasteiger partial charge < -0.3 is 10.6 Å². The third-order valence-electron chi connectivity index (χ3n) is 7.42. The number of alkyl halides is 6. The molecule has 0 aliphatic rings. The number of hydrogen-bond donors (Lipinski definition) is 2. The Morgan fingerprint density at radius 2 is 1.04 bits per heavy atom. The summed E-state index contributed by atoms with van der Waals surface area (Å²) < 4.78 is 176. The summed E-state index contributed by atoms with van der Waals surface area (Å²) in [5.41, 5.74) is -2.36. The van der Waals surface area contributed by atoms with Crippen molar-refractivity contribution in [2.45, 2.75) is 59.3 Å². The molecule has 0 aliphatic carbocycles. The normalized spacial score (nSPS) is 12.7. The van der Waals surface area contributed by atoms with Gasteiger partial charge in [0.2, 0.25) is 11.8 Å². The molecule has 0 bridgehead atoms. The lowest BCUT2D eigenvalue weighted by atomic mass is 10.2. The van der Waals surface area contributed by atoms with E-state index in [4.69, 9.17) is 0 Å². The molecule has 0 atom stereocenters. The van der Waals surface area contributed by atoms with E-state index < -0.39 is 103 Å². The Labute approximate surface area is 300 Å². The van der Waals surface area contributed by atoms with Gasteiger partial charge in [-0.3, -0.25) is 9.59 Å². The molecule has 22 heteroatoms. The third-order valence-corrected chi connectivity index (χ3v) is 12.3. The van der Waals surface area contributed by atoms with Crippen LogP contribution >= 0.6 is 0 Å². The minimum Gasteiger partial charge on any atom is -0.309 e. The minimum absolute atomic E-state index is 0.337. The van der Waals surface area contributed by atoms with Crippen molar-refractivity contribution in [2.24, 2.45) is 0 Å². The lowest BCUT2D eigenvalue weighted by Gasteiger charge is -2.24. The number of pyridine rings is 2. The van der Waals surface area contributed by atoms with Crippen LogP contribution in [0.5, 0.6) is 0 Å². The maximum Gasteiger partial charge on any atom is 0.433 e. The van der Waals surface area contributed by atoms with Crippen LogP contribution in [0.3, 0.4) is 0 Å². The van der Waals surface area contributed by atoms with E-state index in [0.717, 1.165) is 45.9 Å². The molecule has 0 aliphatic heterocycles. The summed E-state index contributed by atoms with van der Waals surface area (Å²) in [6.07, 6.45) is -8.94. The summed E-state index contributed by atoms with van der Waals surface area (Å²) in [7, 11) is -9.40. The average molecular weight is 817 g/mol. The van der Waals surface area contributed by atoms with Gasteiger partial charge in [0.1, 0.15) is 59.9 Å². The Balaban J connectivity index is 0.000000290. The lowest BCUT2D eigenvalue weighted by Crippen LogP contribution is -2.45. The monoisotopic (exact) mass is 816 g/mol. The molecule has 4 aromatic rings. The number of carbonyl (C=O) groups excluding carboxylic acids is 2. The van der Waals surface area contributed by atoms with E-state index in [-0.39, 0.29) is 5.82 Å². The van der Waals surface area contributed by atoms with Crippen LogP contribution in [0.25, 0.3) is 0 Å². The van der Waals surface area contributed by atoms with Gasteiger partial charge in [-0.25, -0.2) is 44.4 Å². The van der Waals surface area contributed by atoms with Crippen LogP contribution in [0.2, 0.25) is 0 Å². The Morgan fingerprint density at radius 1 is 0.593 bits per heavy atom. The number of halogens is 10. The van der Waals surface area contributed by atoms with Crippen LogP contribution in [0.4, 0.5) is 55.5 Å². The average Bonchev–Trinajstić information content (AvgIpc) is 3.06.